The first-order valence-corrected chi connectivity index (χ1v) is 6.65. The molecular formula is C13H21N3. The Balaban J connectivity index is 1.85. The van der Waals surface area contributed by atoms with Crippen molar-refractivity contribution in [3.8, 4) is 0 Å². The van der Waals surface area contributed by atoms with Crippen molar-refractivity contribution in [3.63, 3.8) is 0 Å². The van der Waals surface area contributed by atoms with Gasteiger partial charge < -0.3 is 9.88 Å². The monoisotopic (exact) mass is 219 g/mol. The molecule has 0 aromatic carbocycles. The van der Waals surface area contributed by atoms with Crippen LogP contribution in [0.25, 0.3) is 0 Å². The van der Waals surface area contributed by atoms with Gasteiger partial charge in [-0.3, -0.25) is 0 Å². The van der Waals surface area contributed by atoms with E-state index in [0.29, 0.717) is 12.0 Å². The van der Waals surface area contributed by atoms with E-state index < -0.39 is 0 Å². The number of hydrogen-bond donors (Lipinski definition) is 1. The lowest BCUT2D eigenvalue weighted by Crippen LogP contribution is -2.27. The average Bonchev–Trinajstić information content (AvgIpc) is 2.76. The van der Waals surface area contributed by atoms with Crippen molar-refractivity contribution < 1.29 is 0 Å². The summed E-state index contributed by atoms with van der Waals surface area (Å²) in [5.74, 6) is 1.96. The molecule has 88 valence electrons. The van der Waals surface area contributed by atoms with Crippen LogP contribution in [0.5, 0.6) is 0 Å². The molecule has 1 saturated heterocycles. The van der Waals surface area contributed by atoms with E-state index in [0.717, 1.165) is 6.54 Å². The first-order chi connectivity index (χ1) is 7.84. The van der Waals surface area contributed by atoms with Gasteiger partial charge in [-0.25, -0.2) is 4.98 Å². The van der Waals surface area contributed by atoms with E-state index in [4.69, 9.17) is 4.98 Å². The summed E-state index contributed by atoms with van der Waals surface area (Å²) in [4.78, 5) is 4.86. The Morgan fingerprint density at radius 1 is 1.31 bits per heavy atom. The zero-order valence-corrected chi connectivity index (χ0v) is 10.1. The standard InChI is InChI=1S/C13H21N3/c1-10-5-4-8-16-9-12(15-13(10)16)11-6-2-3-7-14-11/h9-11,14H,2-8H2,1H3/t10-,11-/m0/s1. The topological polar surface area (TPSA) is 29.9 Å². The fourth-order valence-corrected chi connectivity index (χ4v) is 2.99. The summed E-state index contributed by atoms with van der Waals surface area (Å²) in [6.45, 7) is 4.62. The number of piperidine rings is 1. The van der Waals surface area contributed by atoms with E-state index in [1.807, 2.05) is 0 Å². The minimum Gasteiger partial charge on any atom is -0.334 e. The van der Waals surface area contributed by atoms with E-state index in [-0.39, 0.29) is 0 Å². The van der Waals surface area contributed by atoms with Gasteiger partial charge in [-0.1, -0.05) is 13.3 Å². The van der Waals surface area contributed by atoms with Crippen LogP contribution in [-0.2, 0) is 6.54 Å². The fraction of sp³-hybridized carbons (Fsp3) is 0.769. The first-order valence-electron chi connectivity index (χ1n) is 6.65. The number of nitrogens with one attached hydrogen (secondary N) is 1. The van der Waals surface area contributed by atoms with Crippen molar-refractivity contribution in [3.05, 3.63) is 17.7 Å². The third-order valence-electron chi connectivity index (χ3n) is 3.97. The van der Waals surface area contributed by atoms with E-state index in [1.54, 1.807) is 0 Å². The summed E-state index contributed by atoms with van der Waals surface area (Å²) in [7, 11) is 0. The Labute approximate surface area is 97.3 Å². The third-order valence-corrected chi connectivity index (χ3v) is 3.97. The number of aryl methyl sites for hydroxylation is 1. The first kappa shape index (κ1) is 10.3. The lowest BCUT2D eigenvalue weighted by atomic mass is 10.0. The highest BCUT2D eigenvalue weighted by molar-refractivity contribution is 5.13. The second-order valence-electron chi connectivity index (χ2n) is 5.26. The van der Waals surface area contributed by atoms with Gasteiger partial charge in [0.1, 0.15) is 5.82 Å². The van der Waals surface area contributed by atoms with Crippen molar-refractivity contribution in [2.75, 3.05) is 6.54 Å². The predicted molar refractivity (Wildman–Crippen MR) is 64.5 cm³/mol. The zero-order chi connectivity index (χ0) is 11.0. The maximum absolute atomic E-state index is 4.86. The average molecular weight is 219 g/mol. The maximum atomic E-state index is 4.86. The second kappa shape index (κ2) is 4.21. The second-order valence-corrected chi connectivity index (χ2v) is 5.26. The summed E-state index contributed by atoms with van der Waals surface area (Å²) in [5, 5.41) is 3.58. The molecule has 1 N–H and O–H groups in total. The molecule has 1 aromatic heterocycles. The minimum absolute atomic E-state index is 0.513. The van der Waals surface area contributed by atoms with Gasteiger partial charge in [0.2, 0.25) is 0 Å². The highest BCUT2D eigenvalue weighted by Crippen LogP contribution is 2.29. The highest BCUT2D eigenvalue weighted by atomic mass is 15.1. The number of rotatable bonds is 1. The Morgan fingerprint density at radius 2 is 2.25 bits per heavy atom. The minimum atomic E-state index is 0.513. The quantitative estimate of drug-likeness (QED) is 0.787. The van der Waals surface area contributed by atoms with Gasteiger partial charge in [0.15, 0.2) is 0 Å². The van der Waals surface area contributed by atoms with Gasteiger partial charge in [-0.05, 0) is 32.2 Å². The van der Waals surface area contributed by atoms with Crippen molar-refractivity contribution in [1.82, 2.24) is 14.9 Å². The molecule has 0 amide bonds. The molecule has 1 aromatic rings. The van der Waals surface area contributed by atoms with Crippen LogP contribution in [0.1, 0.15) is 62.5 Å². The summed E-state index contributed by atoms with van der Waals surface area (Å²) in [6, 6.07) is 0.513. The summed E-state index contributed by atoms with van der Waals surface area (Å²) in [5.41, 5.74) is 1.28. The molecule has 3 nitrogen and oxygen atoms in total. The lowest BCUT2D eigenvalue weighted by Gasteiger charge is -2.21. The molecule has 2 aliphatic rings. The largest absolute Gasteiger partial charge is 0.334 e. The van der Waals surface area contributed by atoms with Crippen LogP contribution in [-0.4, -0.2) is 16.1 Å². The van der Waals surface area contributed by atoms with Gasteiger partial charge in [0.25, 0.3) is 0 Å². The van der Waals surface area contributed by atoms with Gasteiger partial charge in [-0.15, -0.1) is 0 Å². The molecule has 3 rings (SSSR count). The zero-order valence-electron chi connectivity index (χ0n) is 10.1. The lowest BCUT2D eigenvalue weighted by molar-refractivity contribution is 0.405. The number of nitrogens with zero attached hydrogens (tertiary/aromatic N) is 2. The Bertz CT molecular complexity index is 363. The third kappa shape index (κ3) is 1.77. The predicted octanol–water partition coefficient (Wildman–Crippen LogP) is 2.60. The van der Waals surface area contributed by atoms with Gasteiger partial charge in [0.05, 0.1) is 11.7 Å². The molecule has 0 bridgehead atoms. The van der Waals surface area contributed by atoms with Crippen molar-refractivity contribution >= 4 is 0 Å². The van der Waals surface area contributed by atoms with Gasteiger partial charge in [0, 0.05) is 18.7 Å². The molecule has 0 aliphatic carbocycles. The SMILES string of the molecule is C[C@H]1CCCn2cc([C@@H]3CCCCN3)nc21. The van der Waals surface area contributed by atoms with Gasteiger partial charge in [-0.2, -0.15) is 0 Å². The van der Waals surface area contributed by atoms with Crippen LogP contribution in [0.3, 0.4) is 0 Å². The molecule has 3 heterocycles. The Morgan fingerprint density at radius 3 is 3.00 bits per heavy atom. The van der Waals surface area contributed by atoms with E-state index >= 15 is 0 Å². The van der Waals surface area contributed by atoms with E-state index in [2.05, 4.69) is 23.0 Å². The van der Waals surface area contributed by atoms with Crippen LogP contribution >= 0.6 is 0 Å². The summed E-state index contributed by atoms with van der Waals surface area (Å²) >= 11 is 0. The molecule has 1 fully saturated rings. The fourth-order valence-electron chi connectivity index (χ4n) is 2.99. The van der Waals surface area contributed by atoms with Crippen LogP contribution < -0.4 is 5.32 Å². The molecule has 0 radical (unpaired) electrons. The number of hydrogen-bond acceptors (Lipinski definition) is 2. The van der Waals surface area contributed by atoms with Crippen LogP contribution in [0.4, 0.5) is 0 Å². The van der Waals surface area contributed by atoms with Gasteiger partial charge >= 0.3 is 0 Å². The van der Waals surface area contributed by atoms with Crippen LogP contribution in [0.15, 0.2) is 6.20 Å². The van der Waals surface area contributed by atoms with Crippen LogP contribution in [0.2, 0.25) is 0 Å². The number of aromatic nitrogens is 2. The molecule has 2 aliphatic heterocycles. The van der Waals surface area contributed by atoms with Crippen molar-refractivity contribution in [2.24, 2.45) is 0 Å². The molecule has 2 atom stereocenters. The van der Waals surface area contributed by atoms with Crippen molar-refractivity contribution in [2.45, 2.75) is 57.5 Å². The number of imidazole rings is 1. The molecule has 0 unspecified atom stereocenters. The summed E-state index contributed by atoms with van der Waals surface area (Å²) < 4.78 is 2.37. The van der Waals surface area contributed by atoms with E-state index in [1.165, 1.54) is 50.2 Å². The Hall–Kier alpha value is -0.830. The van der Waals surface area contributed by atoms with Crippen LogP contribution in [0, 0.1) is 0 Å². The normalized spacial score (nSPS) is 30.1. The Kier molecular flexibility index (Phi) is 2.72. The molecular weight excluding hydrogens is 198 g/mol. The molecule has 0 spiro atoms. The molecule has 0 saturated carbocycles. The van der Waals surface area contributed by atoms with Crippen molar-refractivity contribution in [1.29, 1.82) is 0 Å². The molecule has 3 heteroatoms. The smallest absolute Gasteiger partial charge is 0.111 e. The van der Waals surface area contributed by atoms with E-state index in [9.17, 15) is 0 Å². The highest BCUT2D eigenvalue weighted by Gasteiger charge is 2.23. The molecule has 16 heavy (non-hydrogen) atoms. The maximum Gasteiger partial charge on any atom is 0.111 e. The number of fused-ring (bicyclic) bond motifs is 1. The summed E-state index contributed by atoms with van der Waals surface area (Å²) in [6.07, 6.45) is 8.81.